The zero-order chi connectivity index (χ0) is 24.9. The number of aromatic nitrogens is 3. The molecule has 0 radical (unpaired) electrons. The van der Waals surface area contributed by atoms with Crippen LogP contribution in [0.15, 0.2) is 48.5 Å². The summed E-state index contributed by atoms with van der Waals surface area (Å²) in [7, 11) is -3.18. The van der Waals surface area contributed by atoms with Crippen LogP contribution in [0.1, 0.15) is 34.1 Å². The fourth-order valence-electron chi connectivity index (χ4n) is 4.36. The second kappa shape index (κ2) is 8.53. The number of nitrogens with one attached hydrogen (secondary N) is 1. The smallest absolute Gasteiger partial charge is 0.256 e. The first-order chi connectivity index (χ1) is 16.6. The number of sulfone groups is 1. The van der Waals surface area contributed by atoms with E-state index in [0.29, 0.717) is 28.8 Å². The molecule has 1 unspecified atom stereocenters. The lowest BCUT2D eigenvalue weighted by atomic mass is 10.0. The molecule has 0 saturated carbocycles. The third-order valence-electron chi connectivity index (χ3n) is 6.16. The van der Waals surface area contributed by atoms with Crippen LogP contribution in [0.25, 0.3) is 22.3 Å². The van der Waals surface area contributed by atoms with Gasteiger partial charge in [0.1, 0.15) is 0 Å². The molecule has 2 aromatic carbocycles. The van der Waals surface area contributed by atoms with Gasteiger partial charge in [0.25, 0.3) is 5.91 Å². The number of halogens is 2. The van der Waals surface area contributed by atoms with Crippen molar-refractivity contribution in [2.75, 3.05) is 16.8 Å². The Balaban J connectivity index is 1.67. The topological polar surface area (TPSA) is 94.0 Å². The van der Waals surface area contributed by atoms with Crippen molar-refractivity contribution in [2.24, 2.45) is 0 Å². The molecule has 1 aliphatic rings. The lowest BCUT2D eigenvalue weighted by Gasteiger charge is -2.13. The van der Waals surface area contributed by atoms with Crippen LogP contribution in [0.3, 0.4) is 0 Å². The second-order valence-corrected chi connectivity index (χ2v) is 11.0. The zero-order valence-electron chi connectivity index (χ0n) is 19.0. The average Bonchev–Trinajstić information content (AvgIpc) is 3.35. The number of aryl methyl sites for hydroxylation is 2. The van der Waals surface area contributed by atoms with E-state index >= 15 is 0 Å². The van der Waals surface area contributed by atoms with Crippen LogP contribution in [0.2, 0.25) is 0 Å². The number of amides is 1. The molecule has 1 atom stereocenters. The number of nitrogens with zero attached hydrogens (tertiary/aromatic N) is 3. The van der Waals surface area contributed by atoms with E-state index in [1.807, 2.05) is 31.2 Å². The molecule has 1 amide bonds. The highest BCUT2D eigenvalue weighted by Crippen LogP contribution is 2.32. The predicted octanol–water partition coefficient (Wildman–Crippen LogP) is 4.61. The third kappa shape index (κ3) is 4.41. The highest BCUT2D eigenvalue weighted by molar-refractivity contribution is 7.91. The summed E-state index contributed by atoms with van der Waals surface area (Å²) in [4.78, 5) is 18.1. The minimum Gasteiger partial charge on any atom is -0.322 e. The van der Waals surface area contributed by atoms with Crippen molar-refractivity contribution in [1.29, 1.82) is 0 Å². The van der Waals surface area contributed by atoms with Crippen molar-refractivity contribution in [3.05, 3.63) is 77.0 Å². The SMILES string of the molecule is Cc1ccc(-c2cc(C(=O)Nc3ccc(F)c(F)c3)c3c(C)nn(C4CCS(=O)(=O)C4)c3n2)cc1. The lowest BCUT2D eigenvalue weighted by Crippen LogP contribution is -2.15. The minimum absolute atomic E-state index is 0.0456. The Morgan fingerprint density at radius 1 is 1.06 bits per heavy atom. The first kappa shape index (κ1) is 23.1. The van der Waals surface area contributed by atoms with Crippen LogP contribution in [0, 0.1) is 25.5 Å². The van der Waals surface area contributed by atoms with Crippen molar-refractivity contribution < 1.29 is 22.0 Å². The number of rotatable bonds is 4. The van der Waals surface area contributed by atoms with E-state index in [4.69, 9.17) is 4.98 Å². The van der Waals surface area contributed by atoms with Gasteiger partial charge in [-0.2, -0.15) is 5.10 Å². The van der Waals surface area contributed by atoms with Crippen LogP contribution in [-0.4, -0.2) is 40.6 Å². The summed E-state index contributed by atoms with van der Waals surface area (Å²) in [6.45, 7) is 3.68. The van der Waals surface area contributed by atoms with E-state index in [-0.39, 0.29) is 28.8 Å². The van der Waals surface area contributed by atoms with Gasteiger partial charge in [-0.25, -0.2) is 26.9 Å². The van der Waals surface area contributed by atoms with Gasteiger partial charge in [-0.05, 0) is 38.5 Å². The van der Waals surface area contributed by atoms with Gasteiger partial charge < -0.3 is 5.32 Å². The van der Waals surface area contributed by atoms with E-state index in [1.165, 1.54) is 6.07 Å². The van der Waals surface area contributed by atoms with Crippen molar-refractivity contribution >= 4 is 32.5 Å². The average molecular weight is 497 g/mol. The molecule has 4 aromatic rings. The Morgan fingerprint density at radius 2 is 1.80 bits per heavy atom. The van der Waals surface area contributed by atoms with E-state index < -0.39 is 27.4 Å². The van der Waals surface area contributed by atoms with Gasteiger partial charge in [-0.1, -0.05) is 29.8 Å². The number of hydrogen-bond donors (Lipinski definition) is 1. The molecule has 7 nitrogen and oxygen atoms in total. The molecular weight excluding hydrogens is 474 g/mol. The summed E-state index contributed by atoms with van der Waals surface area (Å²) in [6, 6.07) is 12.0. The molecule has 1 saturated heterocycles. The Labute approximate surface area is 200 Å². The molecule has 1 N–H and O–H groups in total. The van der Waals surface area contributed by atoms with Gasteiger partial charge >= 0.3 is 0 Å². The van der Waals surface area contributed by atoms with Crippen molar-refractivity contribution in [1.82, 2.24) is 14.8 Å². The van der Waals surface area contributed by atoms with Gasteiger partial charge in [-0.3, -0.25) is 4.79 Å². The molecular formula is C25H22F2N4O3S. The van der Waals surface area contributed by atoms with Crippen molar-refractivity contribution in [3.8, 4) is 11.3 Å². The number of fused-ring (bicyclic) bond motifs is 1. The maximum absolute atomic E-state index is 13.7. The van der Waals surface area contributed by atoms with Crippen molar-refractivity contribution in [3.63, 3.8) is 0 Å². The standard InChI is InChI=1S/C25H22F2N4O3S/c1-14-3-5-16(6-4-14)22-12-19(25(32)28-17-7-8-20(26)21(27)11-17)23-15(2)30-31(24(23)29-22)18-9-10-35(33,34)13-18/h3-8,11-12,18H,9-10,13H2,1-2H3,(H,28,32). The summed E-state index contributed by atoms with van der Waals surface area (Å²) in [5.74, 6) is -2.61. The van der Waals surface area contributed by atoms with E-state index in [1.54, 1.807) is 17.7 Å². The van der Waals surface area contributed by atoms with Gasteiger partial charge in [0.2, 0.25) is 0 Å². The molecule has 35 heavy (non-hydrogen) atoms. The Kier molecular flexibility index (Phi) is 5.63. The summed E-state index contributed by atoms with van der Waals surface area (Å²) < 4.78 is 52.9. The third-order valence-corrected chi connectivity index (χ3v) is 7.91. The number of carbonyl (C=O) groups is 1. The molecule has 3 heterocycles. The molecule has 2 aromatic heterocycles. The molecule has 1 fully saturated rings. The predicted molar refractivity (Wildman–Crippen MR) is 129 cm³/mol. The highest BCUT2D eigenvalue weighted by atomic mass is 32.2. The lowest BCUT2D eigenvalue weighted by molar-refractivity contribution is 0.102. The van der Waals surface area contributed by atoms with Gasteiger partial charge in [-0.15, -0.1) is 0 Å². The van der Waals surface area contributed by atoms with Crippen LogP contribution in [0.4, 0.5) is 14.5 Å². The maximum Gasteiger partial charge on any atom is 0.256 e. The minimum atomic E-state index is -3.18. The van der Waals surface area contributed by atoms with Gasteiger partial charge in [0.05, 0.1) is 39.9 Å². The number of carbonyl (C=O) groups excluding carboxylic acids is 1. The Hall–Kier alpha value is -3.66. The molecule has 5 rings (SSSR count). The summed E-state index contributed by atoms with van der Waals surface area (Å²) >= 11 is 0. The highest BCUT2D eigenvalue weighted by Gasteiger charge is 2.32. The quantitative estimate of drug-likeness (QED) is 0.446. The molecule has 10 heteroatoms. The van der Waals surface area contributed by atoms with E-state index in [2.05, 4.69) is 10.4 Å². The molecule has 1 aliphatic heterocycles. The fraction of sp³-hybridized carbons (Fsp3) is 0.240. The molecule has 0 spiro atoms. The summed E-state index contributed by atoms with van der Waals surface area (Å²) in [5, 5.41) is 7.66. The van der Waals surface area contributed by atoms with Crippen LogP contribution >= 0.6 is 0 Å². The maximum atomic E-state index is 13.7. The number of benzene rings is 2. The number of pyridine rings is 1. The largest absolute Gasteiger partial charge is 0.322 e. The van der Waals surface area contributed by atoms with Crippen LogP contribution in [0.5, 0.6) is 0 Å². The van der Waals surface area contributed by atoms with Crippen molar-refractivity contribution in [2.45, 2.75) is 26.3 Å². The Bertz CT molecular complexity index is 1580. The first-order valence-electron chi connectivity index (χ1n) is 11.0. The van der Waals surface area contributed by atoms with Gasteiger partial charge in [0.15, 0.2) is 27.1 Å². The van der Waals surface area contributed by atoms with Gasteiger partial charge in [0, 0.05) is 17.3 Å². The number of anilines is 1. The molecule has 180 valence electrons. The van der Waals surface area contributed by atoms with E-state index in [9.17, 15) is 22.0 Å². The zero-order valence-corrected chi connectivity index (χ0v) is 19.9. The summed E-state index contributed by atoms with van der Waals surface area (Å²) in [5.41, 5.74) is 3.60. The normalized spacial score (nSPS) is 17.1. The second-order valence-electron chi connectivity index (χ2n) is 8.79. The molecule has 0 bridgehead atoms. The first-order valence-corrected chi connectivity index (χ1v) is 12.9. The van der Waals surface area contributed by atoms with E-state index in [0.717, 1.165) is 23.3 Å². The Morgan fingerprint density at radius 3 is 2.46 bits per heavy atom. The summed E-state index contributed by atoms with van der Waals surface area (Å²) in [6.07, 6.45) is 0.408. The van der Waals surface area contributed by atoms with Crippen LogP contribution in [-0.2, 0) is 9.84 Å². The molecule has 0 aliphatic carbocycles. The number of hydrogen-bond acceptors (Lipinski definition) is 5. The monoisotopic (exact) mass is 496 g/mol. The fourth-order valence-corrected chi connectivity index (χ4v) is 6.05. The van der Waals surface area contributed by atoms with Crippen LogP contribution < -0.4 is 5.32 Å².